The van der Waals surface area contributed by atoms with Gasteiger partial charge in [0.15, 0.2) is 0 Å². The average molecular weight is 300 g/mol. The molecule has 1 aliphatic heterocycles. The summed E-state index contributed by atoms with van der Waals surface area (Å²) in [5, 5.41) is 0. The molecule has 1 fully saturated rings. The number of hydrogen-bond acceptors (Lipinski definition) is 1. The fraction of sp³-hybridized carbons (Fsp3) is 0.182. The van der Waals surface area contributed by atoms with E-state index in [1.807, 2.05) is 0 Å². The van der Waals surface area contributed by atoms with E-state index in [0.29, 0.717) is 6.10 Å². The lowest BCUT2D eigenvalue weighted by molar-refractivity contribution is 0.366. The molecule has 114 valence electrons. The lowest BCUT2D eigenvalue weighted by Crippen LogP contribution is -2.31. The molecule has 1 aliphatic rings. The second-order valence-corrected chi connectivity index (χ2v) is 6.16. The van der Waals surface area contributed by atoms with Crippen molar-refractivity contribution in [3.8, 4) is 0 Å². The van der Waals surface area contributed by atoms with Gasteiger partial charge in [-0.15, -0.1) is 0 Å². The predicted octanol–water partition coefficient (Wildman–Crippen LogP) is 4.81. The van der Waals surface area contributed by atoms with E-state index in [9.17, 15) is 0 Å². The van der Waals surface area contributed by atoms with Gasteiger partial charge < -0.3 is 4.74 Å². The minimum Gasteiger partial charge on any atom is -0.373 e. The summed E-state index contributed by atoms with van der Waals surface area (Å²) in [5.41, 5.74) is 3.82. The van der Waals surface area contributed by atoms with E-state index in [2.05, 4.69) is 91.0 Å². The Balaban J connectivity index is 1.97. The molecule has 0 N–H and O–H groups in total. The molecule has 1 atom stereocenters. The minimum atomic E-state index is -0.162. The van der Waals surface area contributed by atoms with Crippen LogP contribution in [0.25, 0.3) is 0 Å². The van der Waals surface area contributed by atoms with Gasteiger partial charge in [-0.1, -0.05) is 91.0 Å². The standard InChI is InChI=1S/C22H20O/c1-4-10-18(11-5-1)22(16-21-17-23-21,19-12-6-2-7-13-19)20-14-8-3-9-15-20/h1-15,21H,16-17H2. The summed E-state index contributed by atoms with van der Waals surface area (Å²) in [5.74, 6) is 0. The van der Waals surface area contributed by atoms with Gasteiger partial charge in [-0.25, -0.2) is 0 Å². The molecule has 0 aromatic heterocycles. The quantitative estimate of drug-likeness (QED) is 0.486. The Morgan fingerprint density at radius 1 is 0.652 bits per heavy atom. The van der Waals surface area contributed by atoms with Gasteiger partial charge in [-0.2, -0.15) is 0 Å². The normalized spacial score (nSPS) is 17.0. The van der Waals surface area contributed by atoms with Crippen molar-refractivity contribution in [1.82, 2.24) is 0 Å². The highest BCUT2D eigenvalue weighted by Gasteiger charge is 2.41. The van der Waals surface area contributed by atoms with Crippen LogP contribution in [-0.4, -0.2) is 12.7 Å². The predicted molar refractivity (Wildman–Crippen MR) is 93.6 cm³/mol. The van der Waals surface area contributed by atoms with Crippen LogP contribution < -0.4 is 0 Å². The third kappa shape index (κ3) is 2.69. The van der Waals surface area contributed by atoms with E-state index in [1.54, 1.807) is 0 Å². The van der Waals surface area contributed by atoms with Crippen molar-refractivity contribution in [1.29, 1.82) is 0 Å². The number of hydrogen-bond donors (Lipinski definition) is 0. The third-order valence-electron chi connectivity index (χ3n) is 4.74. The molecule has 0 aliphatic carbocycles. The van der Waals surface area contributed by atoms with Crippen LogP contribution in [0.5, 0.6) is 0 Å². The fourth-order valence-corrected chi connectivity index (χ4v) is 3.55. The fourth-order valence-electron chi connectivity index (χ4n) is 3.55. The highest BCUT2D eigenvalue weighted by Crippen LogP contribution is 2.45. The van der Waals surface area contributed by atoms with E-state index >= 15 is 0 Å². The summed E-state index contributed by atoms with van der Waals surface area (Å²) >= 11 is 0. The van der Waals surface area contributed by atoms with Crippen LogP contribution in [0.3, 0.4) is 0 Å². The van der Waals surface area contributed by atoms with Crippen molar-refractivity contribution in [2.75, 3.05) is 6.61 Å². The van der Waals surface area contributed by atoms with E-state index < -0.39 is 0 Å². The largest absolute Gasteiger partial charge is 0.373 e. The van der Waals surface area contributed by atoms with Gasteiger partial charge in [0.1, 0.15) is 0 Å². The molecule has 0 spiro atoms. The molecule has 23 heavy (non-hydrogen) atoms. The van der Waals surface area contributed by atoms with Crippen LogP contribution in [0.15, 0.2) is 91.0 Å². The molecule has 4 rings (SSSR count). The summed E-state index contributed by atoms with van der Waals surface area (Å²) < 4.78 is 5.63. The van der Waals surface area contributed by atoms with Crippen molar-refractivity contribution < 1.29 is 4.74 Å². The highest BCUT2D eigenvalue weighted by molar-refractivity contribution is 5.50. The number of rotatable bonds is 5. The molecule has 1 unspecified atom stereocenters. The zero-order valence-electron chi connectivity index (χ0n) is 13.1. The SMILES string of the molecule is c1ccc(C(CC2CO2)(c2ccccc2)c2ccccc2)cc1. The summed E-state index contributed by atoms with van der Waals surface area (Å²) in [6, 6.07) is 32.4. The molecule has 3 aromatic rings. The Labute approximate surface area is 137 Å². The molecule has 0 saturated carbocycles. The molecule has 0 bridgehead atoms. The van der Waals surface area contributed by atoms with E-state index in [4.69, 9.17) is 4.74 Å². The first-order chi connectivity index (χ1) is 11.4. The Morgan fingerprint density at radius 2 is 1.00 bits per heavy atom. The first-order valence-corrected chi connectivity index (χ1v) is 8.18. The summed E-state index contributed by atoms with van der Waals surface area (Å²) in [4.78, 5) is 0. The van der Waals surface area contributed by atoms with Crippen molar-refractivity contribution >= 4 is 0 Å². The molecule has 1 nitrogen and oxygen atoms in total. The summed E-state index contributed by atoms with van der Waals surface area (Å²) in [6.07, 6.45) is 1.32. The van der Waals surface area contributed by atoms with Gasteiger partial charge in [0.05, 0.1) is 12.7 Å². The van der Waals surface area contributed by atoms with Gasteiger partial charge in [-0.05, 0) is 23.1 Å². The van der Waals surface area contributed by atoms with Gasteiger partial charge in [0.25, 0.3) is 0 Å². The van der Waals surface area contributed by atoms with Crippen molar-refractivity contribution in [2.45, 2.75) is 17.9 Å². The van der Waals surface area contributed by atoms with Crippen LogP contribution in [0.1, 0.15) is 23.1 Å². The molecule has 1 saturated heterocycles. The smallest absolute Gasteiger partial charge is 0.0824 e. The number of epoxide rings is 1. The molecular weight excluding hydrogens is 280 g/mol. The first-order valence-electron chi connectivity index (χ1n) is 8.18. The van der Waals surface area contributed by atoms with Gasteiger partial charge in [-0.3, -0.25) is 0 Å². The van der Waals surface area contributed by atoms with Crippen LogP contribution in [-0.2, 0) is 10.2 Å². The summed E-state index contributed by atoms with van der Waals surface area (Å²) in [7, 11) is 0. The Kier molecular flexibility index (Phi) is 3.72. The molecular formula is C22H20O. The lowest BCUT2D eigenvalue weighted by Gasteiger charge is -2.35. The third-order valence-corrected chi connectivity index (χ3v) is 4.74. The maximum Gasteiger partial charge on any atom is 0.0824 e. The first kappa shape index (κ1) is 14.2. The van der Waals surface area contributed by atoms with Crippen LogP contribution in [0.4, 0.5) is 0 Å². The van der Waals surface area contributed by atoms with Crippen molar-refractivity contribution in [2.24, 2.45) is 0 Å². The highest BCUT2D eigenvalue weighted by atomic mass is 16.6. The monoisotopic (exact) mass is 300 g/mol. The van der Waals surface area contributed by atoms with E-state index in [-0.39, 0.29) is 5.41 Å². The van der Waals surface area contributed by atoms with Gasteiger partial charge in [0, 0.05) is 5.41 Å². The average Bonchev–Trinajstić information content (AvgIpc) is 3.46. The van der Waals surface area contributed by atoms with Gasteiger partial charge >= 0.3 is 0 Å². The summed E-state index contributed by atoms with van der Waals surface area (Å²) in [6.45, 7) is 0.869. The van der Waals surface area contributed by atoms with Crippen molar-refractivity contribution in [3.05, 3.63) is 108 Å². The zero-order valence-corrected chi connectivity index (χ0v) is 13.1. The Morgan fingerprint density at radius 3 is 1.30 bits per heavy atom. The zero-order chi connectivity index (χ0) is 15.5. The minimum absolute atomic E-state index is 0.162. The van der Waals surface area contributed by atoms with Crippen LogP contribution >= 0.6 is 0 Å². The Hall–Kier alpha value is -2.38. The molecule has 0 radical (unpaired) electrons. The van der Waals surface area contributed by atoms with Crippen molar-refractivity contribution in [3.63, 3.8) is 0 Å². The molecule has 3 aromatic carbocycles. The Bertz CT molecular complexity index is 649. The maximum absolute atomic E-state index is 5.63. The molecule has 0 amide bonds. The van der Waals surface area contributed by atoms with E-state index in [1.165, 1.54) is 16.7 Å². The number of benzene rings is 3. The van der Waals surface area contributed by atoms with E-state index in [0.717, 1.165) is 13.0 Å². The number of ether oxygens (including phenoxy) is 1. The van der Waals surface area contributed by atoms with Crippen LogP contribution in [0, 0.1) is 0 Å². The van der Waals surface area contributed by atoms with Gasteiger partial charge in [0.2, 0.25) is 0 Å². The second-order valence-electron chi connectivity index (χ2n) is 6.16. The second kappa shape index (κ2) is 6.02. The molecule has 1 heterocycles. The lowest BCUT2D eigenvalue weighted by atomic mass is 9.67. The van der Waals surface area contributed by atoms with Crippen LogP contribution in [0.2, 0.25) is 0 Å². The topological polar surface area (TPSA) is 12.5 Å². The maximum atomic E-state index is 5.63. The molecule has 1 heteroatoms.